The van der Waals surface area contributed by atoms with Crippen LogP contribution in [0.2, 0.25) is 0 Å². The number of nitriles is 1. The van der Waals surface area contributed by atoms with Crippen LogP contribution in [-0.4, -0.2) is 29.1 Å². The van der Waals surface area contributed by atoms with E-state index in [1.165, 1.54) is 18.2 Å². The largest absolute Gasteiger partial charge is 0.240 e. The Morgan fingerprint density at radius 1 is 1.32 bits per heavy atom. The van der Waals surface area contributed by atoms with Crippen LogP contribution in [0.1, 0.15) is 11.1 Å². The first-order valence-electron chi connectivity index (χ1n) is 5.16. The third-order valence-electron chi connectivity index (χ3n) is 2.27. The fourth-order valence-electron chi connectivity index (χ4n) is 1.42. The number of primary sulfonamides is 1. The van der Waals surface area contributed by atoms with Crippen molar-refractivity contribution in [2.75, 3.05) is 12.3 Å². The number of nitrogens with two attached hydrogens (primary N) is 1. The predicted octanol–water partition coefficient (Wildman–Crippen LogP) is -0.566. The van der Waals surface area contributed by atoms with Crippen molar-refractivity contribution < 1.29 is 16.8 Å². The van der Waals surface area contributed by atoms with Crippen molar-refractivity contribution in [3.63, 3.8) is 0 Å². The van der Waals surface area contributed by atoms with Crippen LogP contribution >= 0.6 is 0 Å². The van der Waals surface area contributed by atoms with Crippen molar-refractivity contribution in [2.24, 2.45) is 5.14 Å². The molecule has 0 aliphatic rings. The molecule has 0 radical (unpaired) electrons. The van der Waals surface area contributed by atoms with Gasteiger partial charge in [0, 0.05) is 6.54 Å². The molecule has 0 aromatic heterocycles. The maximum absolute atomic E-state index is 11.9. The molecule has 19 heavy (non-hydrogen) atoms. The number of nitrogens with one attached hydrogen (secondary N) is 1. The minimum atomic E-state index is -3.82. The molecule has 0 spiro atoms. The number of nitrogens with zero attached hydrogens (tertiary/aromatic N) is 1. The second-order valence-corrected chi connectivity index (χ2v) is 7.33. The lowest BCUT2D eigenvalue weighted by Gasteiger charge is -2.08. The van der Waals surface area contributed by atoms with Gasteiger partial charge in [0.1, 0.15) is 0 Å². The lowest BCUT2D eigenvalue weighted by Crippen LogP contribution is -2.31. The van der Waals surface area contributed by atoms with E-state index in [-0.39, 0.29) is 11.4 Å². The fraction of sp³-hybridized carbons (Fsp3) is 0.300. The summed E-state index contributed by atoms with van der Waals surface area (Å²) < 4.78 is 47.4. The summed E-state index contributed by atoms with van der Waals surface area (Å²) in [6, 6.07) is 6.01. The highest BCUT2D eigenvalue weighted by atomic mass is 32.2. The van der Waals surface area contributed by atoms with Crippen molar-refractivity contribution in [2.45, 2.75) is 11.8 Å². The van der Waals surface area contributed by atoms with E-state index in [4.69, 9.17) is 10.4 Å². The van der Waals surface area contributed by atoms with Gasteiger partial charge in [0.15, 0.2) is 0 Å². The third-order valence-corrected chi connectivity index (χ3v) is 4.67. The van der Waals surface area contributed by atoms with Gasteiger partial charge >= 0.3 is 0 Å². The predicted molar refractivity (Wildman–Crippen MR) is 69.1 cm³/mol. The molecule has 9 heteroatoms. The van der Waals surface area contributed by atoms with E-state index >= 15 is 0 Å². The van der Waals surface area contributed by atoms with Crippen LogP contribution in [0.4, 0.5) is 0 Å². The summed E-state index contributed by atoms with van der Waals surface area (Å²) in [5.74, 6) is -0.485. The SMILES string of the molecule is Cc1cc(C#N)ccc1S(=O)(=O)NCCS(N)(=O)=O. The van der Waals surface area contributed by atoms with Crippen molar-refractivity contribution in [1.29, 1.82) is 5.26 Å². The van der Waals surface area contributed by atoms with Gasteiger partial charge in [-0.2, -0.15) is 5.26 Å². The lowest BCUT2D eigenvalue weighted by atomic mass is 10.2. The average molecular weight is 303 g/mol. The van der Waals surface area contributed by atoms with Crippen molar-refractivity contribution in [1.82, 2.24) is 4.72 Å². The quantitative estimate of drug-likeness (QED) is 0.752. The molecule has 0 amide bonds. The Kier molecular flexibility index (Phi) is 4.65. The molecular formula is C10H13N3O4S2. The second-order valence-electron chi connectivity index (χ2n) is 3.86. The van der Waals surface area contributed by atoms with Crippen LogP contribution < -0.4 is 9.86 Å². The molecule has 0 heterocycles. The van der Waals surface area contributed by atoms with E-state index in [0.717, 1.165) is 0 Å². The second kappa shape index (κ2) is 5.66. The Bertz CT molecular complexity index is 718. The average Bonchev–Trinajstić information content (AvgIpc) is 2.26. The number of sulfonamides is 2. The van der Waals surface area contributed by atoms with Crippen LogP contribution in [0.5, 0.6) is 0 Å². The van der Waals surface area contributed by atoms with Gasteiger partial charge in [-0.25, -0.2) is 26.7 Å². The van der Waals surface area contributed by atoms with Crippen molar-refractivity contribution >= 4 is 20.0 Å². The molecule has 0 atom stereocenters. The van der Waals surface area contributed by atoms with E-state index in [0.29, 0.717) is 11.1 Å². The van der Waals surface area contributed by atoms with Crippen LogP contribution in [0.15, 0.2) is 23.1 Å². The highest BCUT2D eigenvalue weighted by Crippen LogP contribution is 2.16. The van der Waals surface area contributed by atoms with Crippen molar-refractivity contribution in [3.05, 3.63) is 29.3 Å². The first kappa shape index (κ1) is 15.6. The molecule has 104 valence electrons. The summed E-state index contributed by atoms with van der Waals surface area (Å²) in [6.45, 7) is 1.25. The van der Waals surface area contributed by atoms with Gasteiger partial charge in [0.2, 0.25) is 20.0 Å². The zero-order valence-electron chi connectivity index (χ0n) is 10.1. The van der Waals surface area contributed by atoms with Crippen LogP contribution in [0.25, 0.3) is 0 Å². The Hall–Kier alpha value is -1.47. The lowest BCUT2D eigenvalue weighted by molar-refractivity contribution is 0.581. The first-order chi connectivity index (χ1) is 8.65. The molecule has 0 aliphatic heterocycles. The maximum Gasteiger partial charge on any atom is 0.240 e. The molecule has 0 unspecified atom stereocenters. The minimum absolute atomic E-state index is 0.000851. The van der Waals surface area contributed by atoms with E-state index in [1.807, 2.05) is 6.07 Å². The Labute approximate surface area is 112 Å². The van der Waals surface area contributed by atoms with Gasteiger partial charge in [-0.05, 0) is 30.7 Å². The molecule has 0 bridgehead atoms. The molecule has 0 aliphatic carbocycles. The Morgan fingerprint density at radius 2 is 1.95 bits per heavy atom. The molecule has 0 fully saturated rings. The van der Waals surface area contributed by atoms with E-state index < -0.39 is 25.8 Å². The zero-order valence-corrected chi connectivity index (χ0v) is 11.8. The standard InChI is InChI=1S/C10H13N3O4S2/c1-8-6-9(7-11)2-3-10(8)19(16,17)13-4-5-18(12,14)15/h2-3,6,13H,4-5H2,1H3,(H2,12,14,15). The van der Waals surface area contributed by atoms with Crippen LogP contribution in [0.3, 0.4) is 0 Å². The van der Waals surface area contributed by atoms with Gasteiger partial charge in [-0.3, -0.25) is 0 Å². The molecule has 0 saturated carbocycles. The molecule has 7 nitrogen and oxygen atoms in total. The summed E-state index contributed by atoms with van der Waals surface area (Å²) in [6.07, 6.45) is 0. The topological polar surface area (TPSA) is 130 Å². The highest BCUT2D eigenvalue weighted by Gasteiger charge is 2.17. The number of rotatable bonds is 5. The molecule has 1 rings (SSSR count). The van der Waals surface area contributed by atoms with Crippen molar-refractivity contribution in [3.8, 4) is 6.07 Å². The Balaban J connectivity index is 2.93. The van der Waals surface area contributed by atoms with Gasteiger partial charge in [0.25, 0.3) is 0 Å². The summed E-state index contributed by atoms with van der Waals surface area (Å²) in [7, 11) is -7.54. The zero-order chi connectivity index (χ0) is 14.7. The third kappa shape index (κ3) is 4.60. The molecule has 1 aromatic rings. The Morgan fingerprint density at radius 3 is 2.42 bits per heavy atom. The number of benzene rings is 1. The summed E-state index contributed by atoms with van der Waals surface area (Å²) in [5.41, 5.74) is 0.753. The minimum Gasteiger partial charge on any atom is -0.229 e. The van der Waals surface area contributed by atoms with Crippen LogP contribution in [0, 0.1) is 18.3 Å². The van der Waals surface area contributed by atoms with Gasteiger partial charge in [-0.1, -0.05) is 0 Å². The smallest absolute Gasteiger partial charge is 0.229 e. The molecular weight excluding hydrogens is 290 g/mol. The van der Waals surface area contributed by atoms with E-state index in [2.05, 4.69) is 4.72 Å². The summed E-state index contributed by atoms with van der Waals surface area (Å²) >= 11 is 0. The van der Waals surface area contributed by atoms with Gasteiger partial charge < -0.3 is 0 Å². The van der Waals surface area contributed by atoms with E-state index in [1.54, 1.807) is 6.92 Å². The first-order valence-corrected chi connectivity index (χ1v) is 8.36. The molecule has 1 aromatic carbocycles. The maximum atomic E-state index is 11.9. The fourth-order valence-corrected chi connectivity index (χ4v) is 3.19. The van der Waals surface area contributed by atoms with Gasteiger partial charge in [-0.15, -0.1) is 0 Å². The van der Waals surface area contributed by atoms with Crippen LogP contribution in [-0.2, 0) is 20.0 Å². The summed E-state index contributed by atoms with van der Waals surface area (Å²) in [4.78, 5) is 0.000851. The van der Waals surface area contributed by atoms with E-state index in [9.17, 15) is 16.8 Å². The molecule has 0 saturated heterocycles. The highest BCUT2D eigenvalue weighted by molar-refractivity contribution is 7.90. The monoisotopic (exact) mass is 303 g/mol. The normalized spacial score (nSPS) is 12.1. The molecule has 3 N–H and O–H groups in total. The summed E-state index contributed by atoms with van der Waals surface area (Å²) in [5, 5.41) is 13.5. The number of hydrogen-bond donors (Lipinski definition) is 2. The number of hydrogen-bond acceptors (Lipinski definition) is 5. The van der Waals surface area contributed by atoms with Gasteiger partial charge in [0.05, 0.1) is 22.3 Å². The number of aryl methyl sites for hydroxylation is 1.